The summed E-state index contributed by atoms with van der Waals surface area (Å²) in [5, 5.41) is 11.7. The van der Waals surface area contributed by atoms with Crippen LogP contribution in [0.25, 0.3) is 0 Å². The van der Waals surface area contributed by atoms with Crippen LogP contribution in [0.4, 0.5) is 0 Å². The van der Waals surface area contributed by atoms with Gasteiger partial charge >= 0.3 is 11.9 Å². The highest BCUT2D eigenvalue weighted by Crippen LogP contribution is 2.15. The number of carbonyl (C=O) groups is 3. The van der Waals surface area contributed by atoms with E-state index in [9.17, 15) is 19.5 Å². The van der Waals surface area contributed by atoms with Crippen molar-refractivity contribution in [3.63, 3.8) is 0 Å². The number of carboxylic acid groups (broad SMARTS) is 1. The van der Waals surface area contributed by atoms with Gasteiger partial charge in [-0.15, -0.1) is 0 Å². The summed E-state index contributed by atoms with van der Waals surface area (Å²) >= 11 is 0. The van der Waals surface area contributed by atoms with Crippen LogP contribution in [0.2, 0.25) is 0 Å². The Labute approximate surface area is 357 Å². The van der Waals surface area contributed by atoms with Gasteiger partial charge < -0.3 is 33.3 Å². The van der Waals surface area contributed by atoms with Gasteiger partial charge in [-0.25, -0.2) is 0 Å². The summed E-state index contributed by atoms with van der Waals surface area (Å²) in [7, 11) is 5.91. The predicted molar refractivity (Wildman–Crippen MR) is 237 cm³/mol. The number of likely N-dealkylation sites (N-methyl/N-ethyl adjacent to an activating group) is 1. The first-order chi connectivity index (χ1) is 28.1. The van der Waals surface area contributed by atoms with Crippen LogP contribution in [-0.4, -0.2) is 82.3 Å². The second-order valence-corrected chi connectivity index (χ2v) is 17.4. The molecular formula is C49H91NO8. The van der Waals surface area contributed by atoms with Crippen LogP contribution in [0.15, 0.2) is 24.3 Å². The van der Waals surface area contributed by atoms with E-state index in [2.05, 4.69) is 38.2 Å². The summed E-state index contributed by atoms with van der Waals surface area (Å²) < 4.78 is 22.6. The quantitative estimate of drug-likeness (QED) is 0.0196. The second-order valence-electron chi connectivity index (χ2n) is 17.4. The zero-order chi connectivity index (χ0) is 42.8. The van der Waals surface area contributed by atoms with Crippen molar-refractivity contribution >= 4 is 17.9 Å². The van der Waals surface area contributed by atoms with Crippen molar-refractivity contribution in [2.75, 3.05) is 47.5 Å². The molecule has 2 unspecified atom stereocenters. The van der Waals surface area contributed by atoms with Crippen molar-refractivity contribution in [3.8, 4) is 0 Å². The minimum atomic E-state index is -1.62. The molecule has 0 amide bonds. The highest BCUT2D eigenvalue weighted by Gasteiger charge is 2.21. The van der Waals surface area contributed by atoms with Crippen LogP contribution in [0, 0.1) is 0 Å². The third-order valence-electron chi connectivity index (χ3n) is 10.5. The maximum absolute atomic E-state index is 12.8. The topological polar surface area (TPSA) is 111 Å². The summed E-state index contributed by atoms with van der Waals surface area (Å²) in [4.78, 5) is 37.0. The van der Waals surface area contributed by atoms with Crippen molar-refractivity contribution in [1.82, 2.24) is 0 Å². The SMILES string of the molecule is CCCCC/C=C\C/C=C\CCCCCCCC(=O)OC(COC(=O)CCCCCCCCCCCCCCCCCCCC)COC(OCC[N+](C)(C)C)C(=O)[O-]. The van der Waals surface area contributed by atoms with Gasteiger partial charge in [0.25, 0.3) is 0 Å². The number of carboxylic acids is 1. The van der Waals surface area contributed by atoms with Crippen LogP contribution in [0.3, 0.4) is 0 Å². The zero-order valence-corrected chi connectivity index (χ0v) is 38.4. The van der Waals surface area contributed by atoms with Gasteiger partial charge in [0.2, 0.25) is 0 Å². The molecule has 0 aliphatic rings. The van der Waals surface area contributed by atoms with E-state index in [1.165, 1.54) is 122 Å². The van der Waals surface area contributed by atoms with Gasteiger partial charge in [0.1, 0.15) is 13.2 Å². The molecule has 2 atom stereocenters. The fourth-order valence-corrected chi connectivity index (χ4v) is 6.68. The smallest absolute Gasteiger partial charge is 0.306 e. The van der Waals surface area contributed by atoms with Crippen molar-refractivity contribution in [2.24, 2.45) is 0 Å². The third kappa shape index (κ3) is 41.9. The number of nitrogens with zero attached hydrogens (tertiary/aromatic N) is 1. The summed E-state index contributed by atoms with van der Waals surface area (Å²) in [6.45, 7) is 4.72. The van der Waals surface area contributed by atoms with Crippen LogP contribution < -0.4 is 5.11 Å². The molecule has 0 aliphatic carbocycles. The second kappa shape index (κ2) is 41.5. The molecule has 58 heavy (non-hydrogen) atoms. The largest absolute Gasteiger partial charge is 0.545 e. The molecule has 0 N–H and O–H groups in total. The number of esters is 2. The minimum absolute atomic E-state index is 0.147. The maximum Gasteiger partial charge on any atom is 0.306 e. The monoisotopic (exact) mass is 822 g/mol. The molecule has 0 saturated carbocycles. The van der Waals surface area contributed by atoms with Crippen molar-refractivity contribution in [3.05, 3.63) is 24.3 Å². The highest BCUT2D eigenvalue weighted by atomic mass is 16.7. The van der Waals surface area contributed by atoms with Crippen LogP contribution in [0.1, 0.15) is 213 Å². The average Bonchev–Trinajstić information content (AvgIpc) is 3.18. The Morgan fingerprint density at radius 1 is 0.517 bits per heavy atom. The lowest BCUT2D eigenvalue weighted by molar-refractivity contribution is -0.870. The lowest BCUT2D eigenvalue weighted by Gasteiger charge is -2.26. The first-order valence-electron chi connectivity index (χ1n) is 24.0. The molecule has 0 aliphatic heterocycles. The molecule has 0 radical (unpaired) electrons. The molecule has 0 rings (SSSR count). The Balaban J connectivity index is 4.38. The van der Waals surface area contributed by atoms with Crippen molar-refractivity contribution in [1.29, 1.82) is 0 Å². The number of aliphatic carboxylic acids is 1. The molecular weight excluding hydrogens is 731 g/mol. The molecule has 9 heteroatoms. The van der Waals surface area contributed by atoms with Gasteiger partial charge in [0.15, 0.2) is 12.4 Å². The number of hydrogen-bond acceptors (Lipinski definition) is 8. The molecule has 9 nitrogen and oxygen atoms in total. The Kier molecular flexibility index (Phi) is 39.9. The lowest BCUT2D eigenvalue weighted by Crippen LogP contribution is -2.44. The first kappa shape index (κ1) is 55.8. The van der Waals surface area contributed by atoms with E-state index in [-0.39, 0.29) is 32.2 Å². The number of rotatable bonds is 44. The normalized spacial score (nSPS) is 13.1. The first-order valence-corrected chi connectivity index (χ1v) is 24.0. The molecule has 0 aromatic carbocycles. The van der Waals surface area contributed by atoms with E-state index in [0.29, 0.717) is 23.9 Å². The molecule has 0 bridgehead atoms. The molecule has 0 fully saturated rings. The van der Waals surface area contributed by atoms with Gasteiger partial charge in [0.05, 0.1) is 40.3 Å². The van der Waals surface area contributed by atoms with E-state index in [1.807, 2.05) is 21.1 Å². The number of quaternary nitrogens is 1. The zero-order valence-electron chi connectivity index (χ0n) is 38.4. The fraction of sp³-hybridized carbons (Fsp3) is 0.857. The van der Waals surface area contributed by atoms with E-state index in [1.54, 1.807) is 0 Å². The summed E-state index contributed by atoms with van der Waals surface area (Å²) in [6, 6.07) is 0. The summed E-state index contributed by atoms with van der Waals surface area (Å²) in [6.07, 6.45) is 42.0. The highest BCUT2D eigenvalue weighted by molar-refractivity contribution is 5.70. The van der Waals surface area contributed by atoms with Crippen LogP contribution in [-0.2, 0) is 33.3 Å². The number of carbonyl (C=O) groups excluding carboxylic acids is 3. The molecule has 0 aromatic rings. The number of allylic oxidation sites excluding steroid dienone is 4. The van der Waals surface area contributed by atoms with E-state index < -0.39 is 24.3 Å². The summed E-state index contributed by atoms with van der Waals surface area (Å²) in [5.74, 6) is -2.29. The van der Waals surface area contributed by atoms with E-state index in [0.717, 1.165) is 57.8 Å². The van der Waals surface area contributed by atoms with Gasteiger partial charge in [0, 0.05) is 12.8 Å². The maximum atomic E-state index is 12.8. The number of hydrogen-bond donors (Lipinski definition) is 0. The summed E-state index contributed by atoms with van der Waals surface area (Å²) in [5.41, 5.74) is 0. The Morgan fingerprint density at radius 3 is 1.40 bits per heavy atom. The molecule has 0 saturated heterocycles. The van der Waals surface area contributed by atoms with Crippen LogP contribution in [0.5, 0.6) is 0 Å². The molecule has 340 valence electrons. The van der Waals surface area contributed by atoms with E-state index in [4.69, 9.17) is 18.9 Å². The van der Waals surface area contributed by atoms with E-state index >= 15 is 0 Å². The Morgan fingerprint density at radius 2 is 0.931 bits per heavy atom. The number of unbranched alkanes of at least 4 members (excludes halogenated alkanes) is 25. The van der Waals surface area contributed by atoms with Crippen LogP contribution >= 0.6 is 0 Å². The Bertz CT molecular complexity index is 1010. The average molecular weight is 822 g/mol. The number of ether oxygens (including phenoxy) is 4. The van der Waals surface area contributed by atoms with Crippen molar-refractivity contribution < 1.29 is 42.9 Å². The predicted octanol–water partition coefficient (Wildman–Crippen LogP) is 11.5. The van der Waals surface area contributed by atoms with Crippen molar-refractivity contribution in [2.45, 2.75) is 225 Å². The standard InChI is InChI=1S/C49H91NO8/c1-6-8-10-12-14-16-18-20-22-23-24-26-27-29-31-33-35-37-39-46(51)56-43-45(44-57-49(48(53)54)55-42-41-50(3,4)5)58-47(52)40-38-36-34-32-30-28-25-21-19-17-15-13-11-9-7-2/h15,17,21,25,45,49H,6-14,16,18-20,22-24,26-44H2,1-5H3/b17-15-,25-21-. The molecule has 0 heterocycles. The Hall–Kier alpha value is -2.23. The van der Waals surface area contributed by atoms with Gasteiger partial charge in [-0.2, -0.15) is 0 Å². The van der Waals surface area contributed by atoms with Gasteiger partial charge in [-0.05, 0) is 44.9 Å². The third-order valence-corrected chi connectivity index (χ3v) is 10.5. The lowest BCUT2D eigenvalue weighted by atomic mass is 10.0. The molecule has 0 spiro atoms. The van der Waals surface area contributed by atoms with Gasteiger partial charge in [-0.3, -0.25) is 9.59 Å². The fourth-order valence-electron chi connectivity index (χ4n) is 6.68. The van der Waals surface area contributed by atoms with Gasteiger partial charge in [-0.1, -0.05) is 179 Å². The molecule has 0 aromatic heterocycles. The minimum Gasteiger partial charge on any atom is -0.545 e.